The van der Waals surface area contributed by atoms with Gasteiger partial charge in [0.1, 0.15) is 5.75 Å². The first-order valence-electron chi connectivity index (χ1n) is 9.40. The Balaban J connectivity index is 1.68. The van der Waals surface area contributed by atoms with Gasteiger partial charge in [0.25, 0.3) is 0 Å². The largest absolute Gasteiger partial charge is 0.422 e. The summed E-state index contributed by atoms with van der Waals surface area (Å²) in [6, 6.07) is 15.5. The van der Waals surface area contributed by atoms with Crippen LogP contribution in [0.25, 0.3) is 21.7 Å². The van der Waals surface area contributed by atoms with Crippen molar-refractivity contribution in [1.82, 2.24) is 9.55 Å². The molecule has 0 unspecified atom stereocenters. The molecule has 2 aromatic heterocycles. The second-order valence-electron chi connectivity index (χ2n) is 6.70. The number of esters is 1. The van der Waals surface area contributed by atoms with E-state index in [4.69, 9.17) is 4.74 Å². The Labute approximate surface area is 158 Å². The van der Waals surface area contributed by atoms with Crippen molar-refractivity contribution in [3.8, 4) is 5.75 Å². The number of benzene rings is 2. The first-order valence-corrected chi connectivity index (χ1v) is 9.40. The summed E-state index contributed by atoms with van der Waals surface area (Å²) < 4.78 is 7.94. The number of carbonyl (C=O) groups excluding carboxylic acids is 1. The van der Waals surface area contributed by atoms with Crippen molar-refractivity contribution < 1.29 is 9.53 Å². The lowest BCUT2D eigenvalue weighted by Crippen LogP contribution is -2.08. The van der Waals surface area contributed by atoms with Gasteiger partial charge in [0.15, 0.2) is 0 Å². The van der Waals surface area contributed by atoms with Gasteiger partial charge in [-0.15, -0.1) is 0 Å². The SMILES string of the molecule is CCCCCn1cc(C(=O)Oc2cccc3cnccc23)c2ccccc21. The molecule has 0 fully saturated rings. The third-order valence-electron chi connectivity index (χ3n) is 4.85. The lowest BCUT2D eigenvalue weighted by Gasteiger charge is -2.07. The Hall–Kier alpha value is -3.14. The molecule has 0 saturated heterocycles. The van der Waals surface area contributed by atoms with E-state index in [1.807, 2.05) is 48.7 Å². The molecule has 0 radical (unpaired) electrons. The van der Waals surface area contributed by atoms with Crippen LogP contribution in [0.5, 0.6) is 5.75 Å². The van der Waals surface area contributed by atoms with Crippen LogP contribution in [0.3, 0.4) is 0 Å². The smallest absolute Gasteiger partial charge is 0.345 e. The number of nitrogens with zero attached hydrogens (tertiary/aromatic N) is 2. The van der Waals surface area contributed by atoms with Crippen LogP contribution in [0.2, 0.25) is 0 Å². The molecule has 0 atom stereocenters. The number of aryl methyl sites for hydroxylation is 1. The molecule has 27 heavy (non-hydrogen) atoms. The summed E-state index contributed by atoms with van der Waals surface area (Å²) in [6.07, 6.45) is 8.85. The lowest BCUT2D eigenvalue weighted by atomic mass is 10.1. The minimum absolute atomic E-state index is 0.329. The van der Waals surface area contributed by atoms with E-state index >= 15 is 0 Å². The van der Waals surface area contributed by atoms with Crippen LogP contribution in [0, 0.1) is 0 Å². The number of carbonyl (C=O) groups is 1. The maximum absolute atomic E-state index is 13.0. The molecule has 0 bridgehead atoms. The van der Waals surface area contributed by atoms with Gasteiger partial charge in [-0.25, -0.2) is 4.79 Å². The molecule has 136 valence electrons. The summed E-state index contributed by atoms with van der Waals surface area (Å²) in [5, 5.41) is 2.76. The molecule has 0 aliphatic rings. The van der Waals surface area contributed by atoms with E-state index < -0.39 is 0 Å². The average Bonchev–Trinajstić information content (AvgIpc) is 3.08. The van der Waals surface area contributed by atoms with Crippen molar-refractivity contribution >= 4 is 27.6 Å². The molecule has 0 saturated carbocycles. The van der Waals surface area contributed by atoms with Crippen LogP contribution in [-0.4, -0.2) is 15.5 Å². The highest BCUT2D eigenvalue weighted by molar-refractivity contribution is 6.06. The minimum atomic E-state index is -0.329. The third kappa shape index (κ3) is 3.43. The quantitative estimate of drug-likeness (QED) is 0.256. The zero-order chi connectivity index (χ0) is 18.6. The second-order valence-corrected chi connectivity index (χ2v) is 6.70. The number of para-hydroxylation sites is 1. The Morgan fingerprint density at radius 1 is 1.04 bits per heavy atom. The van der Waals surface area contributed by atoms with Gasteiger partial charge in [-0.2, -0.15) is 0 Å². The average molecular weight is 358 g/mol. The molecular formula is C23H22N2O2. The van der Waals surface area contributed by atoms with Crippen LogP contribution < -0.4 is 4.74 Å². The minimum Gasteiger partial charge on any atom is -0.422 e. The first-order chi connectivity index (χ1) is 13.3. The number of hydrogen-bond donors (Lipinski definition) is 0. The van der Waals surface area contributed by atoms with Crippen molar-refractivity contribution in [3.05, 3.63) is 72.7 Å². The van der Waals surface area contributed by atoms with Gasteiger partial charge < -0.3 is 9.30 Å². The molecule has 0 aliphatic heterocycles. The van der Waals surface area contributed by atoms with Gasteiger partial charge in [0.05, 0.1) is 5.56 Å². The monoisotopic (exact) mass is 358 g/mol. The number of ether oxygens (including phenoxy) is 1. The fourth-order valence-electron chi connectivity index (χ4n) is 3.46. The van der Waals surface area contributed by atoms with Gasteiger partial charge in [-0.1, -0.05) is 50.1 Å². The molecular weight excluding hydrogens is 336 g/mol. The summed E-state index contributed by atoms with van der Waals surface area (Å²) in [7, 11) is 0. The van der Waals surface area contributed by atoms with E-state index in [0.29, 0.717) is 11.3 Å². The maximum Gasteiger partial charge on any atom is 0.345 e. The van der Waals surface area contributed by atoms with E-state index in [1.165, 1.54) is 12.8 Å². The van der Waals surface area contributed by atoms with Gasteiger partial charge >= 0.3 is 5.97 Å². The Bertz CT molecular complexity index is 1090. The predicted molar refractivity (Wildman–Crippen MR) is 108 cm³/mol. The number of unbranched alkanes of at least 4 members (excludes halogenated alkanes) is 2. The Morgan fingerprint density at radius 2 is 1.93 bits per heavy atom. The number of pyridine rings is 1. The van der Waals surface area contributed by atoms with Crippen molar-refractivity contribution in [1.29, 1.82) is 0 Å². The molecule has 0 N–H and O–H groups in total. The summed E-state index contributed by atoms with van der Waals surface area (Å²) in [6.45, 7) is 3.10. The number of aromatic nitrogens is 2. The molecule has 4 aromatic rings. The zero-order valence-electron chi connectivity index (χ0n) is 15.4. The first kappa shape index (κ1) is 17.3. The van der Waals surface area contributed by atoms with Gasteiger partial charge in [-0.05, 0) is 24.6 Å². The molecule has 4 heteroatoms. The molecule has 0 aliphatic carbocycles. The van der Waals surface area contributed by atoms with Gasteiger partial charge in [0, 0.05) is 46.8 Å². The van der Waals surface area contributed by atoms with Crippen LogP contribution in [-0.2, 0) is 6.54 Å². The maximum atomic E-state index is 13.0. The summed E-state index contributed by atoms with van der Waals surface area (Å²) in [4.78, 5) is 17.1. The van der Waals surface area contributed by atoms with Crippen LogP contribution >= 0.6 is 0 Å². The third-order valence-corrected chi connectivity index (χ3v) is 4.85. The molecule has 0 spiro atoms. The number of rotatable bonds is 6. The van der Waals surface area contributed by atoms with Crippen LogP contribution in [0.15, 0.2) is 67.1 Å². The highest BCUT2D eigenvalue weighted by Crippen LogP contribution is 2.28. The molecule has 2 aromatic carbocycles. The Morgan fingerprint density at radius 3 is 2.81 bits per heavy atom. The zero-order valence-corrected chi connectivity index (χ0v) is 15.4. The van der Waals surface area contributed by atoms with Crippen LogP contribution in [0.1, 0.15) is 36.5 Å². The molecule has 0 amide bonds. The van der Waals surface area contributed by atoms with E-state index in [9.17, 15) is 4.79 Å². The van der Waals surface area contributed by atoms with E-state index in [-0.39, 0.29) is 5.97 Å². The van der Waals surface area contributed by atoms with Crippen molar-refractivity contribution in [3.63, 3.8) is 0 Å². The van der Waals surface area contributed by atoms with E-state index in [2.05, 4.69) is 22.5 Å². The molecule has 2 heterocycles. The number of hydrogen-bond acceptors (Lipinski definition) is 3. The standard InChI is InChI=1S/C23H22N2O2/c1-2-3-6-14-25-16-20(19-9-4-5-10-21(19)25)23(26)27-22-11-7-8-17-15-24-13-12-18(17)22/h4-5,7-13,15-16H,2-3,6,14H2,1H3. The summed E-state index contributed by atoms with van der Waals surface area (Å²) >= 11 is 0. The summed E-state index contributed by atoms with van der Waals surface area (Å²) in [5.74, 6) is 0.229. The van der Waals surface area contributed by atoms with E-state index in [0.717, 1.165) is 34.6 Å². The van der Waals surface area contributed by atoms with Crippen molar-refractivity contribution in [2.45, 2.75) is 32.7 Å². The lowest BCUT2D eigenvalue weighted by molar-refractivity contribution is 0.0739. The van der Waals surface area contributed by atoms with Crippen molar-refractivity contribution in [2.75, 3.05) is 0 Å². The summed E-state index contributed by atoms with van der Waals surface area (Å²) in [5.41, 5.74) is 1.68. The normalized spacial score (nSPS) is 11.1. The second kappa shape index (κ2) is 7.62. The topological polar surface area (TPSA) is 44.1 Å². The fraction of sp³-hybridized carbons (Fsp3) is 0.217. The van der Waals surface area contributed by atoms with Crippen LogP contribution in [0.4, 0.5) is 0 Å². The van der Waals surface area contributed by atoms with Gasteiger partial charge in [0.2, 0.25) is 0 Å². The predicted octanol–water partition coefficient (Wildman–Crippen LogP) is 5.60. The van der Waals surface area contributed by atoms with E-state index in [1.54, 1.807) is 12.4 Å². The highest BCUT2D eigenvalue weighted by atomic mass is 16.5. The fourth-order valence-corrected chi connectivity index (χ4v) is 3.46. The van der Waals surface area contributed by atoms with Gasteiger partial charge in [-0.3, -0.25) is 4.98 Å². The van der Waals surface area contributed by atoms with Crippen molar-refractivity contribution in [2.24, 2.45) is 0 Å². The molecule has 4 nitrogen and oxygen atoms in total. The highest BCUT2D eigenvalue weighted by Gasteiger charge is 2.17. The number of fused-ring (bicyclic) bond motifs is 2. The molecule has 4 rings (SSSR count). The Kier molecular flexibility index (Phi) is 4.88.